The van der Waals surface area contributed by atoms with Crippen LogP contribution >= 0.6 is 0 Å². The molecule has 0 atom stereocenters. The number of nitrogens with zero attached hydrogens (tertiary/aromatic N) is 1. The highest BCUT2D eigenvalue weighted by Crippen LogP contribution is 2.33. The summed E-state index contributed by atoms with van der Waals surface area (Å²) < 4.78 is 5.40. The van der Waals surface area contributed by atoms with E-state index < -0.39 is 0 Å². The van der Waals surface area contributed by atoms with Crippen LogP contribution < -0.4 is 9.64 Å². The molecular weight excluding hydrogens is 330 g/mol. The monoisotopic (exact) mass is 359 g/mol. The molecule has 1 aliphatic rings. The van der Waals surface area contributed by atoms with Crippen LogP contribution in [0.4, 0.5) is 5.69 Å². The molecule has 3 rings (SSSR count). The van der Waals surface area contributed by atoms with E-state index in [1.165, 1.54) is 0 Å². The summed E-state index contributed by atoms with van der Waals surface area (Å²) in [4.78, 5) is 24.5. The normalized spacial score (nSPS) is 11.2. The Morgan fingerprint density at radius 3 is 2.23 bits per heavy atom. The predicted octanol–water partition coefficient (Wildman–Crippen LogP) is 4.09. The molecular formula is C21H29NO4. The summed E-state index contributed by atoms with van der Waals surface area (Å²) in [7, 11) is 1.00. The SMILES string of the molecule is CC.CC.CO.O=Cc1ccc2c(c1)OCC(=O)N2Cc1ccccc1. The number of aldehydes is 1. The number of carbonyl (C=O) groups excluding carboxylic acids is 2. The van der Waals surface area contributed by atoms with Crippen molar-refractivity contribution in [3.05, 3.63) is 59.7 Å². The number of ether oxygens (including phenoxy) is 1. The van der Waals surface area contributed by atoms with Crippen molar-refractivity contribution in [2.45, 2.75) is 34.2 Å². The molecule has 5 nitrogen and oxygen atoms in total. The first-order valence-corrected chi connectivity index (χ1v) is 8.79. The lowest BCUT2D eigenvalue weighted by molar-refractivity contribution is -0.121. The minimum Gasteiger partial charge on any atom is -0.482 e. The fourth-order valence-electron chi connectivity index (χ4n) is 2.23. The van der Waals surface area contributed by atoms with Gasteiger partial charge < -0.3 is 14.7 Å². The lowest BCUT2D eigenvalue weighted by Crippen LogP contribution is -2.38. The second-order valence-electron chi connectivity index (χ2n) is 4.60. The van der Waals surface area contributed by atoms with Crippen molar-refractivity contribution in [2.24, 2.45) is 0 Å². The molecule has 0 aliphatic carbocycles. The van der Waals surface area contributed by atoms with Gasteiger partial charge in [0.25, 0.3) is 5.91 Å². The molecule has 1 amide bonds. The van der Waals surface area contributed by atoms with Crippen molar-refractivity contribution >= 4 is 17.9 Å². The molecule has 2 aromatic carbocycles. The Morgan fingerprint density at radius 1 is 1.04 bits per heavy atom. The Bertz CT molecular complexity index is 656. The van der Waals surface area contributed by atoms with Gasteiger partial charge in [0.1, 0.15) is 12.0 Å². The summed E-state index contributed by atoms with van der Waals surface area (Å²) >= 11 is 0. The van der Waals surface area contributed by atoms with Gasteiger partial charge in [0, 0.05) is 12.7 Å². The molecule has 26 heavy (non-hydrogen) atoms. The van der Waals surface area contributed by atoms with Gasteiger partial charge in [0.05, 0.1) is 12.2 Å². The summed E-state index contributed by atoms with van der Waals surface area (Å²) in [5, 5.41) is 7.00. The number of amides is 1. The van der Waals surface area contributed by atoms with Gasteiger partial charge in [-0.25, -0.2) is 0 Å². The number of benzene rings is 2. The van der Waals surface area contributed by atoms with Crippen LogP contribution in [0.1, 0.15) is 43.6 Å². The fourth-order valence-corrected chi connectivity index (χ4v) is 2.23. The Kier molecular flexibility index (Phi) is 12.2. The smallest absolute Gasteiger partial charge is 0.265 e. The van der Waals surface area contributed by atoms with Crippen LogP contribution in [0.15, 0.2) is 48.5 Å². The second-order valence-corrected chi connectivity index (χ2v) is 4.60. The maximum absolute atomic E-state index is 12.0. The predicted molar refractivity (Wildman–Crippen MR) is 106 cm³/mol. The van der Waals surface area contributed by atoms with Crippen LogP contribution in [-0.2, 0) is 11.3 Å². The molecule has 0 fully saturated rings. The molecule has 0 aromatic heterocycles. The highest BCUT2D eigenvalue weighted by molar-refractivity contribution is 5.98. The summed E-state index contributed by atoms with van der Waals surface area (Å²) in [6, 6.07) is 14.9. The third kappa shape index (κ3) is 6.33. The zero-order valence-corrected chi connectivity index (χ0v) is 16.2. The summed E-state index contributed by atoms with van der Waals surface area (Å²) in [6.45, 7) is 8.50. The van der Waals surface area contributed by atoms with Crippen molar-refractivity contribution in [1.82, 2.24) is 0 Å². The van der Waals surface area contributed by atoms with Gasteiger partial charge in [-0.2, -0.15) is 0 Å². The van der Waals surface area contributed by atoms with Gasteiger partial charge in [0.2, 0.25) is 0 Å². The molecule has 0 saturated carbocycles. The number of rotatable bonds is 3. The van der Waals surface area contributed by atoms with Gasteiger partial charge in [-0.15, -0.1) is 0 Å². The van der Waals surface area contributed by atoms with Crippen molar-refractivity contribution < 1.29 is 19.4 Å². The van der Waals surface area contributed by atoms with E-state index >= 15 is 0 Å². The number of fused-ring (bicyclic) bond motifs is 1. The average molecular weight is 359 g/mol. The number of hydrogen-bond acceptors (Lipinski definition) is 4. The first-order valence-electron chi connectivity index (χ1n) is 8.79. The molecule has 5 heteroatoms. The topological polar surface area (TPSA) is 66.8 Å². The van der Waals surface area contributed by atoms with Crippen LogP contribution in [-0.4, -0.2) is 31.0 Å². The molecule has 0 bridgehead atoms. The lowest BCUT2D eigenvalue weighted by Gasteiger charge is -2.29. The zero-order valence-electron chi connectivity index (χ0n) is 16.2. The molecule has 142 valence electrons. The van der Waals surface area contributed by atoms with Crippen LogP contribution in [0.2, 0.25) is 0 Å². The second kappa shape index (κ2) is 13.6. The Balaban J connectivity index is 0.000000948. The van der Waals surface area contributed by atoms with Gasteiger partial charge >= 0.3 is 0 Å². The minimum atomic E-state index is -0.0831. The Hall–Kier alpha value is -2.66. The van der Waals surface area contributed by atoms with E-state index in [2.05, 4.69) is 0 Å². The highest BCUT2D eigenvalue weighted by atomic mass is 16.5. The molecule has 1 heterocycles. The first-order chi connectivity index (χ1) is 12.8. The van der Waals surface area contributed by atoms with E-state index in [9.17, 15) is 9.59 Å². The van der Waals surface area contributed by atoms with Gasteiger partial charge in [0.15, 0.2) is 6.61 Å². The molecule has 0 unspecified atom stereocenters. The summed E-state index contributed by atoms with van der Waals surface area (Å²) in [5.74, 6) is 0.491. The first kappa shape index (κ1) is 23.3. The minimum absolute atomic E-state index is 0.00213. The number of anilines is 1. The number of hydrogen-bond donors (Lipinski definition) is 1. The maximum atomic E-state index is 12.0. The Labute approximate surface area is 156 Å². The third-order valence-electron chi connectivity index (χ3n) is 3.25. The molecule has 2 aromatic rings. The van der Waals surface area contributed by atoms with Crippen molar-refractivity contribution in [2.75, 3.05) is 18.6 Å². The van der Waals surface area contributed by atoms with E-state index in [0.717, 1.165) is 19.0 Å². The number of aliphatic hydroxyl groups excluding tert-OH is 1. The van der Waals surface area contributed by atoms with E-state index in [4.69, 9.17) is 9.84 Å². The van der Waals surface area contributed by atoms with Crippen molar-refractivity contribution in [3.8, 4) is 5.75 Å². The van der Waals surface area contributed by atoms with E-state index in [1.54, 1.807) is 23.1 Å². The van der Waals surface area contributed by atoms with E-state index in [-0.39, 0.29) is 12.5 Å². The van der Waals surface area contributed by atoms with Crippen LogP contribution in [0, 0.1) is 0 Å². The van der Waals surface area contributed by atoms with Gasteiger partial charge in [-0.3, -0.25) is 9.59 Å². The van der Waals surface area contributed by atoms with Gasteiger partial charge in [-0.1, -0.05) is 58.0 Å². The standard InChI is InChI=1S/C16H13NO3.2C2H6.CH4O/c18-10-13-6-7-14-15(8-13)20-11-16(19)17(14)9-12-4-2-1-3-5-12;3*1-2/h1-8,10H,9,11H2;2*1-2H3;2H,1H3. The lowest BCUT2D eigenvalue weighted by atomic mass is 10.1. The highest BCUT2D eigenvalue weighted by Gasteiger charge is 2.25. The van der Waals surface area contributed by atoms with Crippen molar-refractivity contribution in [1.29, 1.82) is 0 Å². The molecule has 0 spiro atoms. The zero-order chi connectivity index (χ0) is 19.9. The molecule has 1 N–H and O–H groups in total. The quantitative estimate of drug-likeness (QED) is 0.839. The third-order valence-corrected chi connectivity index (χ3v) is 3.25. The maximum Gasteiger partial charge on any atom is 0.265 e. The van der Waals surface area contributed by atoms with Crippen LogP contribution in [0.3, 0.4) is 0 Å². The van der Waals surface area contributed by atoms with Gasteiger partial charge in [-0.05, 0) is 23.8 Å². The largest absolute Gasteiger partial charge is 0.482 e. The molecule has 1 aliphatic heterocycles. The molecule has 0 radical (unpaired) electrons. The number of aliphatic hydroxyl groups is 1. The van der Waals surface area contributed by atoms with E-state index in [0.29, 0.717) is 23.5 Å². The van der Waals surface area contributed by atoms with Crippen LogP contribution in [0.25, 0.3) is 0 Å². The summed E-state index contributed by atoms with van der Waals surface area (Å²) in [5.41, 5.74) is 2.29. The summed E-state index contributed by atoms with van der Waals surface area (Å²) in [6.07, 6.45) is 0.765. The fraction of sp³-hybridized carbons (Fsp3) is 0.333. The van der Waals surface area contributed by atoms with Crippen LogP contribution in [0.5, 0.6) is 5.75 Å². The Morgan fingerprint density at radius 2 is 1.65 bits per heavy atom. The number of carbonyl (C=O) groups is 2. The van der Waals surface area contributed by atoms with Crippen molar-refractivity contribution in [3.63, 3.8) is 0 Å². The average Bonchev–Trinajstić information content (AvgIpc) is 2.75. The molecule has 0 saturated heterocycles. The van der Waals surface area contributed by atoms with E-state index in [1.807, 2.05) is 58.0 Å².